The van der Waals surface area contributed by atoms with Crippen LogP contribution in [0.3, 0.4) is 0 Å². The minimum Gasteiger partial charge on any atom is -0.275 e. The molecule has 0 saturated heterocycles. The van der Waals surface area contributed by atoms with Crippen molar-refractivity contribution in [3.05, 3.63) is 45.9 Å². The van der Waals surface area contributed by atoms with Crippen LogP contribution in [-0.2, 0) is 7.05 Å². The molecule has 90 valence electrons. The summed E-state index contributed by atoms with van der Waals surface area (Å²) < 4.78 is 3.04. The fraction of sp³-hybridized carbons (Fsp3) is 0.143. The van der Waals surface area contributed by atoms with Gasteiger partial charge in [-0.15, -0.1) is 0 Å². The molecule has 4 heteroatoms. The molecule has 2 heterocycles. The van der Waals surface area contributed by atoms with E-state index in [1.807, 2.05) is 19.4 Å². The number of nitrogens with zero attached hydrogens (tertiary/aromatic N) is 3. The number of rotatable bonds is 1. The van der Waals surface area contributed by atoms with Gasteiger partial charge in [0.05, 0.1) is 11.9 Å². The summed E-state index contributed by atoms with van der Waals surface area (Å²) >= 11 is 2.36. The van der Waals surface area contributed by atoms with Crippen LogP contribution in [0.4, 0.5) is 0 Å². The zero-order valence-electron chi connectivity index (χ0n) is 10.2. The molecule has 0 N–H and O–H groups in total. The first-order valence-electron chi connectivity index (χ1n) is 5.70. The Bertz CT molecular complexity index is 731. The van der Waals surface area contributed by atoms with Crippen LogP contribution < -0.4 is 0 Å². The number of halogens is 1. The highest BCUT2D eigenvalue weighted by Gasteiger charge is 2.08. The van der Waals surface area contributed by atoms with E-state index in [0.717, 1.165) is 17.0 Å². The van der Waals surface area contributed by atoms with E-state index in [1.165, 1.54) is 14.3 Å². The number of pyridine rings is 1. The SMILES string of the molecule is Cc1nc(-c2cnn(C)c2)cc2cccc(I)c12. The second-order valence-electron chi connectivity index (χ2n) is 4.33. The Morgan fingerprint density at radius 3 is 2.83 bits per heavy atom. The van der Waals surface area contributed by atoms with Crippen LogP contribution in [0.5, 0.6) is 0 Å². The van der Waals surface area contributed by atoms with Crippen molar-refractivity contribution in [3.8, 4) is 11.3 Å². The topological polar surface area (TPSA) is 30.7 Å². The summed E-state index contributed by atoms with van der Waals surface area (Å²) in [6.07, 6.45) is 3.84. The van der Waals surface area contributed by atoms with Crippen LogP contribution in [0, 0.1) is 10.5 Å². The van der Waals surface area contributed by atoms with Gasteiger partial charge in [0.1, 0.15) is 0 Å². The molecule has 0 unspecified atom stereocenters. The molecule has 0 atom stereocenters. The highest BCUT2D eigenvalue weighted by Crippen LogP contribution is 2.27. The summed E-state index contributed by atoms with van der Waals surface area (Å²) in [5, 5.41) is 6.67. The molecule has 3 nitrogen and oxygen atoms in total. The lowest BCUT2D eigenvalue weighted by molar-refractivity contribution is 0.768. The molecule has 0 aliphatic rings. The van der Waals surface area contributed by atoms with E-state index in [-0.39, 0.29) is 0 Å². The molecule has 0 radical (unpaired) electrons. The predicted molar refractivity (Wildman–Crippen MR) is 81.4 cm³/mol. The number of hydrogen-bond donors (Lipinski definition) is 0. The van der Waals surface area contributed by atoms with Gasteiger partial charge in [-0.05, 0) is 47.0 Å². The van der Waals surface area contributed by atoms with Crippen molar-refractivity contribution < 1.29 is 0 Å². The maximum absolute atomic E-state index is 4.69. The Morgan fingerprint density at radius 1 is 1.28 bits per heavy atom. The summed E-state index contributed by atoms with van der Waals surface area (Å²) in [5.41, 5.74) is 3.10. The zero-order valence-corrected chi connectivity index (χ0v) is 12.3. The van der Waals surface area contributed by atoms with E-state index >= 15 is 0 Å². The molecule has 0 amide bonds. The average Bonchev–Trinajstić information content (AvgIpc) is 2.75. The van der Waals surface area contributed by atoms with Gasteiger partial charge in [0, 0.05) is 33.5 Å². The number of fused-ring (bicyclic) bond motifs is 1. The third-order valence-corrected chi connectivity index (χ3v) is 3.89. The summed E-state index contributed by atoms with van der Waals surface area (Å²) in [5.74, 6) is 0. The molecule has 0 spiro atoms. The number of hydrogen-bond acceptors (Lipinski definition) is 2. The predicted octanol–water partition coefficient (Wildman–Crippen LogP) is 3.55. The van der Waals surface area contributed by atoms with Gasteiger partial charge in [-0.1, -0.05) is 12.1 Å². The molecule has 18 heavy (non-hydrogen) atoms. The van der Waals surface area contributed by atoms with Gasteiger partial charge in [-0.25, -0.2) is 0 Å². The van der Waals surface area contributed by atoms with E-state index in [4.69, 9.17) is 0 Å². The van der Waals surface area contributed by atoms with E-state index < -0.39 is 0 Å². The molecule has 0 fully saturated rings. The van der Waals surface area contributed by atoms with Gasteiger partial charge in [0.15, 0.2) is 0 Å². The molecule has 0 saturated carbocycles. The summed E-state index contributed by atoms with van der Waals surface area (Å²) in [4.78, 5) is 4.69. The smallest absolute Gasteiger partial charge is 0.0743 e. The normalized spacial score (nSPS) is 11.1. The van der Waals surface area contributed by atoms with Crippen LogP contribution in [0.2, 0.25) is 0 Å². The first kappa shape index (κ1) is 11.6. The first-order valence-corrected chi connectivity index (χ1v) is 6.78. The van der Waals surface area contributed by atoms with Crippen molar-refractivity contribution in [1.29, 1.82) is 0 Å². The minimum atomic E-state index is 0.982. The monoisotopic (exact) mass is 349 g/mol. The molecule has 2 aromatic heterocycles. The molecule has 3 aromatic rings. The third-order valence-electron chi connectivity index (χ3n) is 2.99. The van der Waals surface area contributed by atoms with Crippen molar-refractivity contribution in [3.63, 3.8) is 0 Å². The van der Waals surface area contributed by atoms with E-state index in [0.29, 0.717) is 0 Å². The van der Waals surface area contributed by atoms with Crippen LogP contribution >= 0.6 is 22.6 Å². The summed E-state index contributed by atoms with van der Waals surface area (Å²) in [6.45, 7) is 2.06. The lowest BCUT2D eigenvalue weighted by Gasteiger charge is -2.06. The van der Waals surface area contributed by atoms with Gasteiger partial charge in [-0.2, -0.15) is 5.10 Å². The molecular formula is C14H12IN3. The lowest BCUT2D eigenvalue weighted by Crippen LogP contribution is -1.91. The lowest BCUT2D eigenvalue weighted by atomic mass is 10.1. The van der Waals surface area contributed by atoms with Crippen molar-refractivity contribution in [2.45, 2.75) is 6.92 Å². The minimum absolute atomic E-state index is 0.982. The maximum atomic E-state index is 4.69. The van der Waals surface area contributed by atoms with Crippen LogP contribution in [0.15, 0.2) is 36.7 Å². The van der Waals surface area contributed by atoms with Gasteiger partial charge >= 0.3 is 0 Å². The van der Waals surface area contributed by atoms with Gasteiger partial charge < -0.3 is 0 Å². The molecule has 1 aromatic carbocycles. The number of aromatic nitrogens is 3. The van der Waals surface area contributed by atoms with Crippen molar-refractivity contribution in [2.24, 2.45) is 7.05 Å². The van der Waals surface area contributed by atoms with Crippen molar-refractivity contribution in [1.82, 2.24) is 14.8 Å². The van der Waals surface area contributed by atoms with Gasteiger partial charge in [0.2, 0.25) is 0 Å². The van der Waals surface area contributed by atoms with E-state index in [9.17, 15) is 0 Å². The average molecular weight is 349 g/mol. The molecule has 0 bridgehead atoms. The largest absolute Gasteiger partial charge is 0.275 e. The third kappa shape index (κ3) is 1.90. The second-order valence-corrected chi connectivity index (χ2v) is 5.50. The fourth-order valence-corrected chi connectivity index (χ4v) is 3.07. The Hall–Kier alpha value is -1.43. The van der Waals surface area contributed by atoms with Crippen molar-refractivity contribution in [2.75, 3.05) is 0 Å². The first-order chi connectivity index (χ1) is 8.65. The maximum Gasteiger partial charge on any atom is 0.0743 e. The number of aryl methyl sites for hydroxylation is 2. The van der Waals surface area contributed by atoms with E-state index in [2.05, 4.69) is 63.9 Å². The highest BCUT2D eigenvalue weighted by atomic mass is 127. The Balaban J connectivity index is 2.28. The number of benzene rings is 1. The second kappa shape index (κ2) is 4.35. The molecule has 3 rings (SSSR count). The molecular weight excluding hydrogens is 337 g/mol. The van der Waals surface area contributed by atoms with Crippen LogP contribution in [0.1, 0.15) is 5.69 Å². The highest BCUT2D eigenvalue weighted by molar-refractivity contribution is 14.1. The van der Waals surface area contributed by atoms with Crippen molar-refractivity contribution >= 4 is 33.4 Å². The Morgan fingerprint density at radius 2 is 2.11 bits per heavy atom. The Kier molecular flexibility index (Phi) is 2.81. The summed E-state index contributed by atoms with van der Waals surface area (Å²) in [6, 6.07) is 8.45. The molecule has 0 aliphatic heterocycles. The quantitative estimate of drug-likeness (QED) is 0.629. The van der Waals surface area contributed by atoms with Gasteiger partial charge in [-0.3, -0.25) is 9.67 Å². The summed E-state index contributed by atoms with van der Waals surface area (Å²) in [7, 11) is 1.92. The van der Waals surface area contributed by atoms with Crippen LogP contribution in [0.25, 0.3) is 22.0 Å². The Labute approximate surface area is 119 Å². The molecule has 0 aliphatic carbocycles. The standard InChI is InChI=1S/C14H12IN3/c1-9-14-10(4-3-5-12(14)15)6-13(17-9)11-7-16-18(2)8-11/h3-8H,1-2H3. The fourth-order valence-electron chi connectivity index (χ4n) is 2.16. The van der Waals surface area contributed by atoms with Gasteiger partial charge in [0.25, 0.3) is 0 Å². The zero-order chi connectivity index (χ0) is 12.7. The van der Waals surface area contributed by atoms with E-state index in [1.54, 1.807) is 4.68 Å². The van der Waals surface area contributed by atoms with Crippen LogP contribution in [-0.4, -0.2) is 14.8 Å².